The first-order valence-corrected chi connectivity index (χ1v) is 4.57. The summed E-state index contributed by atoms with van der Waals surface area (Å²) in [6, 6.07) is 9.72. The molecule has 0 bridgehead atoms. The number of benzene rings is 1. The maximum absolute atomic E-state index is 8.96. The molecular formula is C12H13NO. The quantitative estimate of drug-likeness (QED) is 0.681. The molecule has 0 N–H and O–H groups in total. The van der Waals surface area contributed by atoms with Crippen molar-refractivity contribution in [3.63, 3.8) is 0 Å². The second kappa shape index (κ2) is 5.08. The van der Waals surface area contributed by atoms with Gasteiger partial charge in [-0.05, 0) is 18.6 Å². The van der Waals surface area contributed by atoms with Gasteiger partial charge in [-0.1, -0.05) is 25.1 Å². The van der Waals surface area contributed by atoms with Crippen molar-refractivity contribution in [1.82, 2.24) is 0 Å². The van der Waals surface area contributed by atoms with Gasteiger partial charge in [-0.15, -0.1) is 0 Å². The summed E-state index contributed by atoms with van der Waals surface area (Å²) >= 11 is 0. The highest BCUT2D eigenvalue weighted by Crippen LogP contribution is 2.25. The molecule has 0 fully saturated rings. The Morgan fingerprint density at radius 1 is 1.50 bits per heavy atom. The van der Waals surface area contributed by atoms with Crippen molar-refractivity contribution in [3.05, 3.63) is 35.9 Å². The molecule has 1 aromatic carbocycles. The highest BCUT2D eigenvalue weighted by Gasteiger charge is 2.05. The fourth-order valence-electron chi connectivity index (χ4n) is 1.29. The number of para-hydroxylation sites is 1. The maximum atomic E-state index is 8.96. The molecule has 0 saturated heterocycles. The molecule has 0 radical (unpaired) electrons. The zero-order valence-electron chi connectivity index (χ0n) is 8.45. The summed E-state index contributed by atoms with van der Waals surface area (Å²) < 4.78 is 5.18. The van der Waals surface area contributed by atoms with Crippen LogP contribution in [0.5, 0.6) is 5.75 Å². The number of methoxy groups -OCH3 is 1. The summed E-state index contributed by atoms with van der Waals surface area (Å²) in [5.41, 5.74) is 1.53. The second-order valence-corrected chi connectivity index (χ2v) is 2.84. The molecule has 14 heavy (non-hydrogen) atoms. The Morgan fingerprint density at radius 2 is 2.21 bits per heavy atom. The predicted molar refractivity (Wildman–Crippen MR) is 56.9 cm³/mol. The molecule has 0 atom stereocenters. The molecule has 2 heteroatoms. The lowest BCUT2D eigenvalue weighted by Crippen LogP contribution is -1.89. The Balaban J connectivity index is 3.17. The summed E-state index contributed by atoms with van der Waals surface area (Å²) in [5, 5.41) is 8.96. The van der Waals surface area contributed by atoms with E-state index in [0.29, 0.717) is 5.57 Å². The summed E-state index contributed by atoms with van der Waals surface area (Å²) in [6.07, 6.45) is 2.75. The van der Waals surface area contributed by atoms with Gasteiger partial charge in [0, 0.05) is 5.56 Å². The van der Waals surface area contributed by atoms with Gasteiger partial charge in [0.25, 0.3) is 0 Å². The standard InChI is InChI=1S/C12H13NO/c1-3-6-10(9-13)11-7-4-5-8-12(11)14-2/h4-8H,3H2,1-2H3/b10-6+. The predicted octanol–water partition coefficient (Wildman–Crippen LogP) is 3.01. The van der Waals surface area contributed by atoms with Crippen LogP contribution in [0, 0.1) is 11.3 Å². The summed E-state index contributed by atoms with van der Waals surface area (Å²) in [5.74, 6) is 0.744. The average molecular weight is 187 g/mol. The molecule has 0 amide bonds. The molecule has 0 aliphatic heterocycles. The van der Waals surface area contributed by atoms with Crippen LogP contribution in [0.25, 0.3) is 5.57 Å². The lowest BCUT2D eigenvalue weighted by molar-refractivity contribution is 0.413. The number of hydrogen-bond donors (Lipinski definition) is 0. The van der Waals surface area contributed by atoms with Gasteiger partial charge in [0.05, 0.1) is 18.8 Å². The van der Waals surface area contributed by atoms with Gasteiger partial charge in [-0.25, -0.2) is 0 Å². The van der Waals surface area contributed by atoms with E-state index in [1.54, 1.807) is 7.11 Å². The van der Waals surface area contributed by atoms with Crippen LogP contribution in [0.4, 0.5) is 0 Å². The third-order valence-electron chi connectivity index (χ3n) is 1.93. The second-order valence-electron chi connectivity index (χ2n) is 2.84. The monoisotopic (exact) mass is 187 g/mol. The first-order chi connectivity index (χ1) is 6.83. The molecule has 72 valence electrons. The first-order valence-electron chi connectivity index (χ1n) is 4.57. The van der Waals surface area contributed by atoms with Crippen LogP contribution < -0.4 is 4.74 Å². The Hall–Kier alpha value is -1.75. The fraction of sp³-hybridized carbons (Fsp3) is 0.250. The Kier molecular flexibility index (Phi) is 3.75. The van der Waals surface area contributed by atoms with Crippen LogP contribution in [0.1, 0.15) is 18.9 Å². The Labute approximate surface area is 84.4 Å². The van der Waals surface area contributed by atoms with Gasteiger partial charge in [-0.2, -0.15) is 5.26 Å². The van der Waals surface area contributed by atoms with E-state index in [4.69, 9.17) is 10.00 Å². The number of allylic oxidation sites excluding steroid dienone is 2. The van der Waals surface area contributed by atoms with Crippen LogP contribution >= 0.6 is 0 Å². The zero-order chi connectivity index (χ0) is 10.4. The average Bonchev–Trinajstić information content (AvgIpc) is 2.26. The van der Waals surface area contributed by atoms with Crippen molar-refractivity contribution in [2.24, 2.45) is 0 Å². The third-order valence-corrected chi connectivity index (χ3v) is 1.93. The molecule has 0 aliphatic rings. The Bertz CT molecular complexity index is 374. The van der Waals surface area contributed by atoms with Gasteiger partial charge in [0.1, 0.15) is 5.75 Å². The van der Waals surface area contributed by atoms with Crippen LogP contribution in [-0.2, 0) is 0 Å². The summed E-state index contributed by atoms with van der Waals surface area (Å²) in [7, 11) is 1.61. The molecule has 0 aliphatic carbocycles. The van der Waals surface area contributed by atoms with Gasteiger partial charge >= 0.3 is 0 Å². The largest absolute Gasteiger partial charge is 0.496 e. The van der Waals surface area contributed by atoms with Crippen LogP contribution in [0.2, 0.25) is 0 Å². The van der Waals surface area contributed by atoms with E-state index in [0.717, 1.165) is 17.7 Å². The van der Waals surface area contributed by atoms with Crippen molar-refractivity contribution in [1.29, 1.82) is 5.26 Å². The molecule has 0 spiro atoms. The van der Waals surface area contributed by atoms with Gasteiger partial charge < -0.3 is 4.74 Å². The molecular weight excluding hydrogens is 174 g/mol. The van der Waals surface area contributed by atoms with E-state index in [-0.39, 0.29) is 0 Å². The van der Waals surface area contributed by atoms with Crippen molar-refractivity contribution < 1.29 is 4.74 Å². The molecule has 0 aromatic heterocycles. The van der Waals surface area contributed by atoms with E-state index in [1.807, 2.05) is 37.3 Å². The first kappa shape index (κ1) is 10.3. The topological polar surface area (TPSA) is 33.0 Å². The zero-order valence-corrected chi connectivity index (χ0v) is 8.45. The number of ether oxygens (including phenoxy) is 1. The van der Waals surface area contributed by atoms with Crippen molar-refractivity contribution >= 4 is 5.57 Å². The number of hydrogen-bond acceptors (Lipinski definition) is 2. The number of rotatable bonds is 3. The lowest BCUT2D eigenvalue weighted by atomic mass is 10.1. The van der Waals surface area contributed by atoms with Crippen LogP contribution in [-0.4, -0.2) is 7.11 Å². The van der Waals surface area contributed by atoms with Gasteiger partial charge in [0.15, 0.2) is 0 Å². The molecule has 2 nitrogen and oxygen atoms in total. The van der Waals surface area contributed by atoms with Crippen LogP contribution in [0.3, 0.4) is 0 Å². The van der Waals surface area contributed by atoms with E-state index < -0.39 is 0 Å². The summed E-state index contributed by atoms with van der Waals surface area (Å²) in [4.78, 5) is 0. The van der Waals surface area contributed by atoms with Gasteiger partial charge in [0.2, 0.25) is 0 Å². The maximum Gasteiger partial charge on any atom is 0.127 e. The molecule has 0 saturated carbocycles. The van der Waals surface area contributed by atoms with Crippen LogP contribution in [0.15, 0.2) is 30.3 Å². The lowest BCUT2D eigenvalue weighted by Gasteiger charge is -2.06. The SMILES string of the molecule is CC/C=C(\C#N)c1ccccc1OC. The van der Waals surface area contributed by atoms with E-state index >= 15 is 0 Å². The molecule has 1 rings (SSSR count). The minimum atomic E-state index is 0.671. The molecule has 0 unspecified atom stereocenters. The third kappa shape index (κ3) is 2.14. The van der Waals surface area contributed by atoms with E-state index in [1.165, 1.54) is 0 Å². The van der Waals surface area contributed by atoms with Crippen molar-refractivity contribution in [2.45, 2.75) is 13.3 Å². The smallest absolute Gasteiger partial charge is 0.127 e. The highest BCUT2D eigenvalue weighted by atomic mass is 16.5. The molecule has 1 aromatic rings. The molecule has 0 heterocycles. The van der Waals surface area contributed by atoms with Crippen molar-refractivity contribution in [2.75, 3.05) is 7.11 Å². The summed E-state index contributed by atoms with van der Waals surface area (Å²) in [6.45, 7) is 2.01. The fourth-order valence-corrected chi connectivity index (χ4v) is 1.29. The minimum absolute atomic E-state index is 0.671. The van der Waals surface area contributed by atoms with Crippen molar-refractivity contribution in [3.8, 4) is 11.8 Å². The number of nitriles is 1. The minimum Gasteiger partial charge on any atom is -0.496 e. The number of nitrogens with zero attached hydrogens (tertiary/aromatic N) is 1. The van der Waals surface area contributed by atoms with Gasteiger partial charge in [-0.3, -0.25) is 0 Å². The Morgan fingerprint density at radius 3 is 2.79 bits per heavy atom. The van der Waals surface area contributed by atoms with E-state index in [2.05, 4.69) is 6.07 Å². The van der Waals surface area contributed by atoms with E-state index in [9.17, 15) is 0 Å². The highest BCUT2D eigenvalue weighted by molar-refractivity contribution is 5.80. The normalized spacial score (nSPS) is 10.8.